The molecule has 7 nitrogen and oxygen atoms in total. The molecule has 0 bridgehead atoms. The average molecular weight is 378 g/mol. The van der Waals surface area contributed by atoms with Crippen molar-refractivity contribution in [2.24, 2.45) is 0 Å². The molecule has 134 valence electrons. The highest BCUT2D eigenvalue weighted by Gasteiger charge is 2.01. The first-order valence-corrected chi connectivity index (χ1v) is 7.64. The van der Waals surface area contributed by atoms with Crippen molar-refractivity contribution in [2.45, 2.75) is 25.7 Å². The highest BCUT2D eigenvalue weighted by atomic mass is 35.5. The normalized spacial score (nSPS) is 9.58. The summed E-state index contributed by atoms with van der Waals surface area (Å²) in [6.45, 7) is 1.23. The topological polar surface area (TPSA) is 109 Å². The summed E-state index contributed by atoms with van der Waals surface area (Å²) < 4.78 is 0. The number of aromatic nitrogens is 1. The number of benzene rings is 1. The number of nitrogens with zero attached hydrogens (tertiary/aromatic N) is 2. The van der Waals surface area contributed by atoms with Crippen molar-refractivity contribution in [3.63, 3.8) is 0 Å². The van der Waals surface area contributed by atoms with E-state index < -0.39 is 5.09 Å². The van der Waals surface area contributed by atoms with Gasteiger partial charge in [-0.1, -0.05) is 24.4 Å². The minimum atomic E-state index is -1.50. The van der Waals surface area contributed by atoms with Crippen molar-refractivity contribution >= 4 is 40.6 Å². The van der Waals surface area contributed by atoms with E-state index in [9.17, 15) is 0 Å². The fourth-order valence-corrected chi connectivity index (χ4v) is 2.26. The molecule has 0 fully saturated rings. The van der Waals surface area contributed by atoms with E-state index in [1.54, 1.807) is 6.20 Å². The summed E-state index contributed by atoms with van der Waals surface area (Å²) in [6, 6.07) is 7.75. The van der Waals surface area contributed by atoms with Crippen LogP contribution in [0.1, 0.15) is 25.7 Å². The zero-order valence-electron chi connectivity index (χ0n) is 13.0. The molecule has 0 saturated carbocycles. The fourth-order valence-electron chi connectivity index (χ4n) is 2.09. The van der Waals surface area contributed by atoms with E-state index in [-0.39, 0.29) is 12.4 Å². The largest absolute Gasteiger partial charge is 0.396 e. The maximum atomic E-state index is 8.71. The molecule has 1 heterocycles. The maximum Gasteiger partial charge on any atom is 0.291 e. The van der Waals surface area contributed by atoms with Crippen LogP contribution in [0.5, 0.6) is 0 Å². The Morgan fingerprint density at radius 3 is 2.54 bits per heavy atom. The number of unbranched alkanes of at least 4 members (excludes halogenated alkanes) is 3. The van der Waals surface area contributed by atoms with Crippen LogP contribution in [0.15, 0.2) is 30.5 Å². The average Bonchev–Trinajstić information content (AvgIpc) is 2.50. The number of rotatable bonds is 7. The van der Waals surface area contributed by atoms with Crippen LogP contribution in [-0.2, 0) is 0 Å². The van der Waals surface area contributed by atoms with Crippen LogP contribution < -0.4 is 5.32 Å². The first kappa shape index (κ1) is 22.2. The first-order valence-electron chi connectivity index (χ1n) is 7.27. The summed E-state index contributed by atoms with van der Waals surface area (Å²) in [5.41, 5.74) is 2.02. The quantitative estimate of drug-likeness (QED) is 0.383. The summed E-state index contributed by atoms with van der Waals surface area (Å²) in [7, 11) is 0. The summed E-state index contributed by atoms with van der Waals surface area (Å²) >= 11 is 5.97. The van der Waals surface area contributed by atoms with Crippen molar-refractivity contribution in [2.75, 3.05) is 18.5 Å². The van der Waals surface area contributed by atoms with Crippen molar-refractivity contribution in [3.8, 4) is 0 Å². The number of pyridine rings is 1. The predicted octanol–water partition coefficient (Wildman–Crippen LogP) is 3.93. The van der Waals surface area contributed by atoms with E-state index in [1.165, 1.54) is 0 Å². The third kappa shape index (κ3) is 8.71. The SMILES string of the molecule is Cl.O=[N+]([O-])O.OCCCCCCNc1ccnc2cc(Cl)ccc12. The van der Waals surface area contributed by atoms with Crippen molar-refractivity contribution in [1.82, 2.24) is 4.98 Å². The molecule has 0 aliphatic carbocycles. The molecule has 0 saturated heterocycles. The van der Waals surface area contributed by atoms with Crippen molar-refractivity contribution in [1.29, 1.82) is 0 Å². The molecule has 9 heteroatoms. The smallest absolute Gasteiger partial charge is 0.291 e. The van der Waals surface area contributed by atoms with Crippen LogP contribution in [0.4, 0.5) is 5.69 Å². The Morgan fingerprint density at radius 2 is 1.88 bits per heavy atom. The standard InChI is InChI=1S/C15H19ClN2O.ClH.HNO3/c16-12-5-6-13-14(7-9-18-15(13)11-12)17-8-3-1-2-4-10-19;;2-1(3)4/h5-7,9,11,19H,1-4,8,10H2,(H,17,18);1H;(H,2,3,4). The maximum absolute atomic E-state index is 8.71. The van der Waals surface area contributed by atoms with Gasteiger partial charge in [0.2, 0.25) is 0 Å². The van der Waals surface area contributed by atoms with Crippen LogP contribution >= 0.6 is 24.0 Å². The zero-order valence-corrected chi connectivity index (χ0v) is 14.6. The summed E-state index contributed by atoms with van der Waals surface area (Å²) in [4.78, 5) is 12.7. The Morgan fingerprint density at radius 1 is 1.21 bits per heavy atom. The van der Waals surface area contributed by atoms with E-state index in [4.69, 9.17) is 32.0 Å². The molecule has 3 N–H and O–H groups in total. The van der Waals surface area contributed by atoms with E-state index in [0.29, 0.717) is 11.6 Å². The monoisotopic (exact) mass is 377 g/mol. The molecule has 2 rings (SSSR count). The van der Waals surface area contributed by atoms with Crippen LogP contribution in [0.2, 0.25) is 5.02 Å². The van der Waals surface area contributed by atoms with Gasteiger partial charge >= 0.3 is 0 Å². The van der Waals surface area contributed by atoms with Gasteiger partial charge < -0.3 is 15.6 Å². The molecule has 0 atom stereocenters. The van der Waals surface area contributed by atoms with Gasteiger partial charge in [0.1, 0.15) is 0 Å². The van der Waals surface area contributed by atoms with E-state index in [2.05, 4.69) is 10.3 Å². The molecule has 0 unspecified atom stereocenters. The van der Waals surface area contributed by atoms with Crippen LogP contribution in [-0.4, -0.2) is 33.5 Å². The van der Waals surface area contributed by atoms with Gasteiger partial charge in [-0.2, -0.15) is 0 Å². The third-order valence-electron chi connectivity index (χ3n) is 3.11. The summed E-state index contributed by atoms with van der Waals surface area (Å²) in [5, 5.41) is 27.6. The van der Waals surface area contributed by atoms with Crippen LogP contribution in [0.25, 0.3) is 10.9 Å². The lowest BCUT2D eigenvalue weighted by Gasteiger charge is -2.09. The molecule has 1 aromatic heterocycles. The van der Waals surface area contributed by atoms with Gasteiger partial charge in [0.05, 0.1) is 5.52 Å². The lowest BCUT2D eigenvalue weighted by Crippen LogP contribution is -2.02. The lowest BCUT2D eigenvalue weighted by atomic mass is 10.1. The third-order valence-corrected chi connectivity index (χ3v) is 3.34. The number of anilines is 1. The molecule has 0 spiro atoms. The number of halogens is 2. The minimum Gasteiger partial charge on any atom is -0.396 e. The van der Waals surface area contributed by atoms with Crippen molar-refractivity contribution < 1.29 is 15.4 Å². The lowest BCUT2D eigenvalue weighted by molar-refractivity contribution is -0.742. The molecule has 1 aromatic carbocycles. The first-order chi connectivity index (χ1) is 11.0. The Balaban J connectivity index is 0.000000954. The number of hydrogen-bond acceptors (Lipinski definition) is 5. The molecule has 0 amide bonds. The van der Waals surface area contributed by atoms with Gasteiger partial charge in [-0.05, 0) is 37.1 Å². The summed E-state index contributed by atoms with van der Waals surface area (Å²) in [5.74, 6) is 0. The molecule has 2 aromatic rings. The molecule has 24 heavy (non-hydrogen) atoms. The highest BCUT2D eigenvalue weighted by Crippen LogP contribution is 2.24. The Kier molecular flexibility index (Phi) is 11.6. The zero-order chi connectivity index (χ0) is 17.1. The Hall–Kier alpha value is -1.83. The van der Waals surface area contributed by atoms with Gasteiger partial charge in [0.25, 0.3) is 5.09 Å². The van der Waals surface area contributed by atoms with Crippen molar-refractivity contribution in [3.05, 3.63) is 45.6 Å². The van der Waals surface area contributed by atoms with E-state index in [1.807, 2.05) is 24.3 Å². The van der Waals surface area contributed by atoms with E-state index in [0.717, 1.165) is 48.8 Å². The second kappa shape index (κ2) is 12.6. The molecule has 0 aliphatic heterocycles. The fraction of sp³-hybridized carbons (Fsp3) is 0.400. The van der Waals surface area contributed by atoms with Gasteiger partial charge in [0, 0.05) is 35.4 Å². The van der Waals surface area contributed by atoms with Crippen LogP contribution in [0, 0.1) is 10.1 Å². The van der Waals surface area contributed by atoms with Crippen LogP contribution in [0.3, 0.4) is 0 Å². The molecule has 0 radical (unpaired) electrons. The number of aliphatic hydroxyl groups excluding tert-OH is 1. The molecule has 0 aliphatic rings. The number of hydrogen-bond donors (Lipinski definition) is 3. The molecular formula is C15H21Cl2N3O4. The highest BCUT2D eigenvalue weighted by molar-refractivity contribution is 6.31. The molecular weight excluding hydrogens is 357 g/mol. The van der Waals surface area contributed by atoms with Gasteiger partial charge in [-0.15, -0.1) is 22.5 Å². The predicted molar refractivity (Wildman–Crippen MR) is 96.8 cm³/mol. The van der Waals surface area contributed by atoms with Gasteiger partial charge in [-0.25, -0.2) is 0 Å². The van der Waals surface area contributed by atoms with Gasteiger partial charge in [-0.3, -0.25) is 4.98 Å². The van der Waals surface area contributed by atoms with Gasteiger partial charge in [0.15, 0.2) is 0 Å². The Labute approximate surface area is 151 Å². The minimum absolute atomic E-state index is 0. The van der Waals surface area contributed by atoms with E-state index >= 15 is 0 Å². The number of aliphatic hydroxyl groups is 1. The Bertz CT molecular complexity index is 625. The number of nitrogens with one attached hydrogen (secondary N) is 1. The second-order valence-corrected chi connectivity index (χ2v) is 5.26. The number of fused-ring (bicyclic) bond motifs is 1. The second-order valence-electron chi connectivity index (χ2n) is 4.82. The summed E-state index contributed by atoms with van der Waals surface area (Å²) in [6.07, 6.45) is 6.04.